The Bertz CT molecular complexity index is 337. The highest BCUT2D eigenvalue weighted by Crippen LogP contribution is 2.36. The van der Waals surface area contributed by atoms with Crippen LogP contribution in [0.5, 0.6) is 5.75 Å². The van der Waals surface area contributed by atoms with Gasteiger partial charge in [0.15, 0.2) is 0 Å². The third kappa shape index (κ3) is 2.22. The van der Waals surface area contributed by atoms with Gasteiger partial charge in [-0.15, -0.1) is 0 Å². The van der Waals surface area contributed by atoms with Crippen molar-refractivity contribution in [3.05, 3.63) is 29.8 Å². The maximum absolute atomic E-state index is 5.46. The summed E-state index contributed by atoms with van der Waals surface area (Å²) in [6.07, 6.45) is 3.80. The molecule has 1 heterocycles. The van der Waals surface area contributed by atoms with Crippen molar-refractivity contribution >= 4 is 0 Å². The van der Waals surface area contributed by atoms with E-state index in [9.17, 15) is 0 Å². The summed E-state index contributed by atoms with van der Waals surface area (Å²) < 4.78 is 5.46. The molecule has 0 unspecified atom stereocenters. The number of nitrogens with zero attached hydrogens (tertiary/aromatic N) is 1. The summed E-state index contributed by atoms with van der Waals surface area (Å²) >= 11 is 0. The van der Waals surface area contributed by atoms with E-state index in [0.29, 0.717) is 6.04 Å². The summed E-state index contributed by atoms with van der Waals surface area (Å²) in [7, 11) is 1.76. The quantitative estimate of drug-likeness (QED) is 0.770. The Labute approximate surface area is 98.2 Å². The first kappa shape index (κ1) is 11.5. The van der Waals surface area contributed by atoms with E-state index in [2.05, 4.69) is 30.0 Å². The van der Waals surface area contributed by atoms with E-state index in [0.717, 1.165) is 5.75 Å². The van der Waals surface area contributed by atoms with Crippen LogP contribution in [0.3, 0.4) is 0 Å². The van der Waals surface area contributed by atoms with Gasteiger partial charge in [-0.25, -0.2) is 0 Å². The van der Waals surface area contributed by atoms with Crippen LogP contribution in [-0.2, 0) is 0 Å². The first-order valence-corrected chi connectivity index (χ1v) is 6.23. The molecule has 2 nitrogen and oxygen atoms in total. The molecule has 0 aromatic heterocycles. The molecule has 0 amide bonds. The van der Waals surface area contributed by atoms with Crippen molar-refractivity contribution < 1.29 is 4.74 Å². The Kier molecular flexibility index (Phi) is 3.83. The zero-order valence-electron chi connectivity index (χ0n) is 10.3. The normalized spacial score (nSPS) is 21.2. The Hall–Kier alpha value is -1.02. The number of para-hydroxylation sites is 1. The molecule has 0 N–H and O–H groups in total. The van der Waals surface area contributed by atoms with Crippen molar-refractivity contribution in [3.8, 4) is 5.75 Å². The number of ether oxygens (including phenoxy) is 1. The Morgan fingerprint density at radius 3 is 2.94 bits per heavy atom. The maximum Gasteiger partial charge on any atom is 0.123 e. The smallest absolute Gasteiger partial charge is 0.123 e. The Morgan fingerprint density at radius 2 is 2.19 bits per heavy atom. The summed E-state index contributed by atoms with van der Waals surface area (Å²) in [5.74, 6) is 1.04. The van der Waals surface area contributed by atoms with Crippen molar-refractivity contribution in [3.63, 3.8) is 0 Å². The summed E-state index contributed by atoms with van der Waals surface area (Å²) in [6, 6.07) is 8.99. The SMILES string of the molecule is CCCN1CCC[C@@H]1c1ccccc1OC. The third-order valence-corrected chi connectivity index (χ3v) is 3.37. The van der Waals surface area contributed by atoms with Crippen molar-refractivity contribution in [1.29, 1.82) is 0 Å². The monoisotopic (exact) mass is 219 g/mol. The number of methoxy groups -OCH3 is 1. The van der Waals surface area contributed by atoms with Gasteiger partial charge in [0, 0.05) is 11.6 Å². The van der Waals surface area contributed by atoms with Crippen molar-refractivity contribution in [1.82, 2.24) is 4.90 Å². The van der Waals surface area contributed by atoms with Crippen molar-refractivity contribution in [2.45, 2.75) is 32.2 Å². The fourth-order valence-corrected chi connectivity index (χ4v) is 2.67. The predicted octanol–water partition coefficient (Wildman–Crippen LogP) is 3.24. The molecule has 2 heteroatoms. The van der Waals surface area contributed by atoms with E-state index in [1.165, 1.54) is 37.9 Å². The van der Waals surface area contributed by atoms with Crippen LogP contribution >= 0.6 is 0 Å². The van der Waals surface area contributed by atoms with Crippen LogP contribution in [0.25, 0.3) is 0 Å². The Balaban J connectivity index is 2.21. The highest BCUT2D eigenvalue weighted by atomic mass is 16.5. The molecule has 0 radical (unpaired) electrons. The van der Waals surface area contributed by atoms with Gasteiger partial charge in [-0.2, -0.15) is 0 Å². The van der Waals surface area contributed by atoms with Gasteiger partial charge in [-0.3, -0.25) is 4.90 Å². The fraction of sp³-hybridized carbons (Fsp3) is 0.571. The van der Waals surface area contributed by atoms with Gasteiger partial charge < -0.3 is 4.74 Å². The Morgan fingerprint density at radius 1 is 1.38 bits per heavy atom. The molecule has 1 saturated heterocycles. The van der Waals surface area contributed by atoms with E-state index >= 15 is 0 Å². The third-order valence-electron chi connectivity index (χ3n) is 3.37. The van der Waals surface area contributed by atoms with Gasteiger partial charge >= 0.3 is 0 Å². The molecule has 1 atom stereocenters. The zero-order valence-corrected chi connectivity index (χ0v) is 10.3. The lowest BCUT2D eigenvalue weighted by Crippen LogP contribution is -2.24. The molecule has 1 aromatic rings. The van der Waals surface area contributed by atoms with E-state index < -0.39 is 0 Å². The minimum absolute atomic E-state index is 0.566. The molecule has 16 heavy (non-hydrogen) atoms. The minimum Gasteiger partial charge on any atom is -0.496 e. The number of rotatable bonds is 4. The van der Waals surface area contributed by atoms with Gasteiger partial charge in [0.1, 0.15) is 5.75 Å². The van der Waals surface area contributed by atoms with E-state index in [1.807, 2.05) is 6.07 Å². The predicted molar refractivity (Wildman–Crippen MR) is 66.8 cm³/mol. The highest BCUT2D eigenvalue weighted by Gasteiger charge is 2.26. The number of benzene rings is 1. The zero-order chi connectivity index (χ0) is 11.4. The van der Waals surface area contributed by atoms with Gasteiger partial charge in [0.25, 0.3) is 0 Å². The molecule has 0 spiro atoms. The van der Waals surface area contributed by atoms with E-state index in [1.54, 1.807) is 7.11 Å². The van der Waals surface area contributed by atoms with Crippen LogP contribution in [0.4, 0.5) is 0 Å². The first-order chi connectivity index (χ1) is 7.86. The average Bonchev–Trinajstić information content (AvgIpc) is 2.77. The van der Waals surface area contributed by atoms with Crippen LogP contribution in [-0.4, -0.2) is 25.1 Å². The molecule has 88 valence electrons. The minimum atomic E-state index is 0.566. The lowest BCUT2D eigenvalue weighted by atomic mass is 10.0. The van der Waals surface area contributed by atoms with Crippen LogP contribution in [0.1, 0.15) is 37.8 Å². The summed E-state index contributed by atoms with van der Waals surface area (Å²) in [4.78, 5) is 2.58. The molecular weight excluding hydrogens is 198 g/mol. The van der Waals surface area contributed by atoms with Gasteiger partial charge in [-0.1, -0.05) is 25.1 Å². The summed E-state index contributed by atoms with van der Waals surface area (Å²) in [5, 5.41) is 0. The van der Waals surface area contributed by atoms with E-state index in [4.69, 9.17) is 4.74 Å². The largest absolute Gasteiger partial charge is 0.496 e. The first-order valence-electron chi connectivity index (χ1n) is 6.23. The number of likely N-dealkylation sites (tertiary alicyclic amines) is 1. The molecule has 1 fully saturated rings. The van der Waals surface area contributed by atoms with Crippen LogP contribution < -0.4 is 4.74 Å². The van der Waals surface area contributed by atoms with Gasteiger partial charge in [0.05, 0.1) is 7.11 Å². The topological polar surface area (TPSA) is 12.5 Å². The molecular formula is C14H21NO. The number of hydrogen-bond acceptors (Lipinski definition) is 2. The highest BCUT2D eigenvalue weighted by molar-refractivity contribution is 5.36. The van der Waals surface area contributed by atoms with Crippen LogP contribution in [0.15, 0.2) is 24.3 Å². The standard InChI is InChI=1S/C14H21NO/c1-3-10-15-11-6-8-13(15)12-7-4-5-9-14(12)16-2/h4-5,7,9,13H,3,6,8,10-11H2,1-2H3/t13-/m1/s1. The molecule has 0 aliphatic carbocycles. The van der Waals surface area contributed by atoms with Crippen LogP contribution in [0, 0.1) is 0 Å². The average molecular weight is 219 g/mol. The molecule has 1 aliphatic heterocycles. The number of hydrogen-bond donors (Lipinski definition) is 0. The van der Waals surface area contributed by atoms with E-state index in [-0.39, 0.29) is 0 Å². The van der Waals surface area contributed by atoms with Crippen molar-refractivity contribution in [2.75, 3.05) is 20.2 Å². The molecule has 0 bridgehead atoms. The van der Waals surface area contributed by atoms with Gasteiger partial charge in [0.2, 0.25) is 0 Å². The second kappa shape index (κ2) is 5.35. The maximum atomic E-state index is 5.46. The summed E-state index contributed by atoms with van der Waals surface area (Å²) in [6.45, 7) is 4.68. The molecule has 0 saturated carbocycles. The lowest BCUT2D eigenvalue weighted by molar-refractivity contribution is 0.252. The van der Waals surface area contributed by atoms with Gasteiger partial charge in [-0.05, 0) is 38.4 Å². The second-order valence-electron chi connectivity index (χ2n) is 4.44. The van der Waals surface area contributed by atoms with Crippen LogP contribution in [0.2, 0.25) is 0 Å². The molecule has 2 rings (SSSR count). The summed E-state index contributed by atoms with van der Waals surface area (Å²) in [5.41, 5.74) is 1.36. The fourth-order valence-electron chi connectivity index (χ4n) is 2.67. The molecule has 1 aromatic carbocycles. The second-order valence-corrected chi connectivity index (χ2v) is 4.44. The lowest BCUT2D eigenvalue weighted by Gasteiger charge is -2.25. The van der Waals surface area contributed by atoms with Crippen molar-refractivity contribution in [2.24, 2.45) is 0 Å². The molecule has 1 aliphatic rings.